The number of piperidine rings is 1. The maximum absolute atomic E-state index is 13.1. The molecular weight excluding hydrogens is 432 g/mol. The Kier molecular flexibility index (Phi) is 10.7. The minimum absolute atomic E-state index is 0.0490. The van der Waals surface area contributed by atoms with Crippen molar-refractivity contribution in [3.63, 3.8) is 0 Å². The Labute approximate surface area is 196 Å². The van der Waals surface area contributed by atoms with Gasteiger partial charge in [0.05, 0.1) is 17.7 Å². The van der Waals surface area contributed by atoms with E-state index in [1.807, 2.05) is 27.7 Å². The molecule has 2 aliphatic heterocycles. The van der Waals surface area contributed by atoms with E-state index in [0.717, 1.165) is 38.6 Å². The zero-order valence-corrected chi connectivity index (χ0v) is 21.0. The van der Waals surface area contributed by atoms with Gasteiger partial charge in [-0.3, -0.25) is 4.79 Å². The van der Waals surface area contributed by atoms with Crippen molar-refractivity contribution in [3.05, 3.63) is 0 Å². The summed E-state index contributed by atoms with van der Waals surface area (Å²) in [5.74, 6) is 0.169. The van der Waals surface area contributed by atoms with Crippen LogP contribution in [0.15, 0.2) is 0 Å². The Morgan fingerprint density at radius 1 is 1.19 bits per heavy atom. The zero-order valence-electron chi connectivity index (χ0n) is 20.2. The average Bonchev–Trinajstić information content (AvgIpc) is 2.80. The van der Waals surface area contributed by atoms with Gasteiger partial charge >= 0.3 is 0 Å². The van der Waals surface area contributed by atoms with Crippen molar-refractivity contribution in [2.45, 2.75) is 114 Å². The molecule has 0 aromatic rings. The Hall–Kier alpha value is -0.420. The summed E-state index contributed by atoms with van der Waals surface area (Å²) in [6, 6.07) is -0.860. The van der Waals surface area contributed by atoms with Gasteiger partial charge in [0.15, 0.2) is 0 Å². The molecule has 8 unspecified atom stereocenters. The van der Waals surface area contributed by atoms with E-state index in [1.54, 1.807) is 6.26 Å². The molecule has 8 nitrogen and oxygen atoms in total. The Morgan fingerprint density at radius 2 is 1.84 bits per heavy atom. The second-order valence-electron chi connectivity index (χ2n) is 9.82. The second-order valence-corrected chi connectivity index (χ2v) is 10.8. The molecule has 2 fully saturated rings. The molecule has 6 N–H and O–H groups in total. The molecule has 188 valence electrons. The number of amides is 1. The highest BCUT2D eigenvalue weighted by molar-refractivity contribution is 7.99. The van der Waals surface area contributed by atoms with Gasteiger partial charge in [0.1, 0.15) is 29.9 Å². The molecule has 0 radical (unpaired) electrons. The molecule has 2 heterocycles. The molecule has 2 aliphatic rings. The first kappa shape index (κ1) is 27.8. The number of thioether (sulfide) groups is 1. The van der Waals surface area contributed by atoms with Gasteiger partial charge in [0.2, 0.25) is 5.91 Å². The summed E-state index contributed by atoms with van der Waals surface area (Å²) < 4.78 is 5.90. The first-order chi connectivity index (χ1) is 15.1. The predicted octanol–water partition coefficient (Wildman–Crippen LogP) is 0.997. The molecule has 32 heavy (non-hydrogen) atoms. The third-order valence-corrected chi connectivity index (χ3v) is 8.24. The average molecular weight is 477 g/mol. The fourth-order valence-electron chi connectivity index (χ4n) is 4.79. The maximum Gasteiger partial charge on any atom is 0.237 e. The minimum Gasteiger partial charge on any atom is -0.390 e. The van der Waals surface area contributed by atoms with Crippen molar-refractivity contribution >= 4 is 17.7 Å². The van der Waals surface area contributed by atoms with E-state index in [0.29, 0.717) is 12.3 Å². The normalized spacial score (nSPS) is 35.0. The number of hydrogen-bond donors (Lipinski definition) is 6. The van der Waals surface area contributed by atoms with Crippen LogP contribution in [0.3, 0.4) is 0 Å². The highest BCUT2D eigenvalue weighted by Gasteiger charge is 2.47. The Morgan fingerprint density at radius 3 is 2.41 bits per heavy atom. The van der Waals surface area contributed by atoms with Gasteiger partial charge in [-0.2, -0.15) is 0 Å². The van der Waals surface area contributed by atoms with Crippen LogP contribution in [0.1, 0.15) is 66.2 Å². The second kappa shape index (κ2) is 12.3. The molecule has 0 aromatic carbocycles. The van der Waals surface area contributed by atoms with Crippen LogP contribution in [0.2, 0.25) is 0 Å². The standard InChI is InChI=1S/C23H44N2O6S/c1-6-23(30,7-2)10-8-14-9-11-24-15(12-14)21(29)25-16(13(3)4)20-18(27)17(26)19(28)22(31-20)32-5/h13-20,22,24,26-28,30H,6-12H2,1-5H3,(H,25,29). The van der Waals surface area contributed by atoms with E-state index in [4.69, 9.17) is 4.74 Å². The zero-order chi connectivity index (χ0) is 24.1. The van der Waals surface area contributed by atoms with Crippen LogP contribution in [-0.4, -0.2) is 86.7 Å². The summed E-state index contributed by atoms with van der Waals surface area (Å²) in [7, 11) is 0. The van der Waals surface area contributed by atoms with E-state index in [9.17, 15) is 25.2 Å². The van der Waals surface area contributed by atoms with Crippen LogP contribution in [-0.2, 0) is 9.53 Å². The SMILES string of the molecule is CCC(O)(CC)CCC1CCNC(C(=O)NC(C(C)C)C2OC(SC)C(O)C(O)C2O)C1. The third-order valence-electron chi connectivity index (χ3n) is 7.38. The molecule has 2 saturated heterocycles. The molecule has 0 aromatic heterocycles. The molecule has 9 heteroatoms. The molecule has 1 amide bonds. The quantitative estimate of drug-likeness (QED) is 0.275. The first-order valence-electron chi connectivity index (χ1n) is 12.0. The number of ether oxygens (including phenoxy) is 1. The lowest BCUT2D eigenvalue weighted by atomic mass is 9.82. The van der Waals surface area contributed by atoms with E-state index in [2.05, 4.69) is 10.6 Å². The van der Waals surface area contributed by atoms with Gasteiger partial charge in [0, 0.05) is 0 Å². The van der Waals surface area contributed by atoms with E-state index < -0.39 is 41.5 Å². The monoisotopic (exact) mass is 476 g/mol. The highest BCUT2D eigenvalue weighted by Crippen LogP contribution is 2.31. The summed E-state index contributed by atoms with van der Waals surface area (Å²) in [6.45, 7) is 8.62. The smallest absolute Gasteiger partial charge is 0.237 e. The van der Waals surface area contributed by atoms with Gasteiger partial charge in [-0.25, -0.2) is 0 Å². The number of carbonyl (C=O) groups excluding carboxylic acids is 1. The van der Waals surface area contributed by atoms with Crippen LogP contribution >= 0.6 is 11.8 Å². The van der Waals surface area contributed by atoms with Crippen LogP contribution in [0, 0.1) is 11.8 Å². The van der Waals surface area contributed by atoms with Crippen LogP contribution in [0.4, 0.5) is 0 Å². The van der Waals surface area contributed by atoms with E-state index in [1.165, 1.54) is 11.8 Å². The number of nitrogens with one attached hydrogen (secondary N) is 2. The molecular formula is C23H44N2O6S. The van der Waals surface area contributed by atoms with Crippen molar-refractivity contribution < 1.29 is 30.0 Å². The largest absolute Gasteiger partial charge is 0.390 e. The summed E-state index contributed by atoms with van der Waals surface area (Å²) in [6.07, 6.45) is 1.89. The summed E-state index contributed by atoms with van der Waals surface area (Å²) in [5, 5.41) is 47.9. The third kappa shape index (κ3) is 6.81. The van der Waals surface area contributed by atoms with Crippen LogP contribution in [0.5, 0.6) is 0 Å². The Bertz CT molecular complexity index is 589. The van der Waals surface area contributed by atoms with Gasteiger partial charge in [-0.1, -0.05) is 27.7 Å². The molecule has 0 spiro atoms. The lowest BCUT2D eigenvalue weighted by Crippen LogP contribution is -2.65. The first-order valence-corrected chi connectivity index (χ1v) is 13.3. The summed E-state index contributed by atoms with van der Waals surface area (Å²) in [5.41, 5.74) is -1.30. The fraction of sp³-hybridized carbons (Fsp3) is 0.957. The number of aliphatic hydroxyl groups is 4. The minimum atomic E-state index is -1.34. The van der Waals surface area contributed by atoms with Crippen molar-refractivity contribution in [1.82, 2.24) is 10.6 Å². The molecule has 8 atom stereocenters. The molecule has 0 saturated carbocycles. The summed E-state index contributed by atoms with van der Waals surface area (Å²) >= 11 is 1.26. The highest BCUT2D eigenvalue weighted by atomic mass is 32.2. The van der Waals surface area contributed by atoms with Crippen molar-refractivity contribution in [3.8, 4) is 0 Å². The van der Waals surface area contributed by atoms with Crippen LogP contribution in [0.25, 0.3) is 0 Å². The maximum atomic E-state index is 13.1. The number of aliphatic hydroxyl groups excluding tert-OH is 3. The molecule has 0 bridgehead atoms. The Balaban J connectivity index is 2.01. The predicted molar refractivity (Wildman–Crippen MR) is 126 cm³/mol. The topological polar surface area (TPSA) is 131 Å². The lowest BCUT2D eigenvalue weighted by molar-refractivity contribution is -0.208. The van der Waals surface area contributed by atoms with Crippen molar-refractivity contribution in [2.75, 3.05) is 12.8 Å². The molecule has 2 rings (SSSR count). The lowest BCUT2D eigenvalue weighted by Gasteiger charge is -2.44. The number of hydrogen-bond acceptors (Lipinski definition) is 8. The van der Waals surface area contributed by atoms with Crippen LogP contribution < -0.4 is 10.6 Å². The number of carbonyl (C=O) groups is 1. The van der Waals surface area contributed by atoms with E-state index in [-0.39, 0.29) is 17.9 Å². The van der Waals surface area contributed by atoms with Crippen molar-refractivity contribution in [1.29, 1.82) is 0 Å². The van der Waals surface area contributed by atoms with Crippen molar-refractivity contribution in [2.24, 2.45) is 11.8 Å². The van der Waals surface area contributed by atoms with Gasteiger partial charge < -0.3 is 35.8 Å². The molecule has 0 aliphatic carbocycles. The fourth-order valence-corrected chi connectivity index (χ4v) is 5.47. The van der Waals surface area contributed by atoms with E-state index >= 15 is 0 Å². The van der Waals surface area contributed by atoms with Gasteiger partial charge in [-0.15, -0.1) is 11.8 Å². The number of rotatable bonds is 10. The van der Waals surface area contributed by atoms with Gasteiger partial charge in [0.25, 0.3) is 0 Å². The van der Waals surface area contributed by atoms with Gasteiger partial charge in [-0.05, 0) is 63.2 Å². The summed E-state index contributed by atoms with van der Waals surface area (Å²) in [4.78, 5) is 13.1.